The third-order valence-electron chi connectivity index (χ3n) is 11.3. The van der Waals surface area contributed by atoms with Gasteiger partial charge in [0.25, 0.3) is 5.91 Å². The van der Waals surface area contributed by atoms with Crippen molar-refractivity contribution < 1.29 is 43.3 Å². The summed E-state index contributed by atoms with van der Waals surface area (Å²) in [6, 6.07) is 13.4. The minimum absolute atomic E-state index is 0.0951. The van der Waals surface area contributed by atoms with Crippen LogP contribution in [-0.4, -0.2) is 102 Å². The second-order valence-electron chi connectivity index (χ2n) is 15.3. The van der Waals surface area contributed by atoms with E-state index in [1.807, 2.05) is 30.3 Å². The van der Waals surface area contributed by atoms with Crippen LogP contribution >= 0.6 is 0 Å². The lowest BCUT2D eigenvalue weighted by Crippen LogP contribution is -2.69. The van der Waals surface area contributed by atoms with Gasteiger partial charge >= 0.3 is 5.97 Å². The molecule has 13 nitrogen and oxygen atoms in total. The number of unbranched alkanes of at least 4 members (excludes halogenated alkanes) is 4. The summed E-state index contributed by atoms with van der Waals surface area (Å²) in [4.78, 5) is 62.5. The molecule has 4 fully saturated rings. The molecular formula is C42H56N4O9. The molecule has 1 aliphatic carbocycles. The first kappa shape index (κ1) is 40.5. The third kappa shape index (κ3) is 8.51. The van der Waals surface area contributed by atoms with Crippen molar-refractivity contribution in [2.24, 2.45) is 5.41 Å². The van der Waals surface area contributed by atoms with Crippen LogP contribution in [0.15, 0.2) is 54.6 Å². The SMILES string of the molecule is CCCCCC1(CCCCC)O[C@@H]2[C@H](O1)[C@H]1ON(Cc3ccccc3C=CC(=O)N(C)C)[C@@H]3C(=O)O[C@@H]2C[C@]13C(=O)NCc1cccc(C(=O)NCCO)c1. The Morgan fingerprint density at radius 3 is 2.40 bits per heavy atom. The number of hydroxylamine groups is 2. The van der Waals surface area contributed by atoms with Gasteiger partial charge in [-0.05, 0) is 47.7 Å². The highest BCUT2D eigenvalue weighted by atomic mass is 16.8. The molecule has 2 aromatic rings. The average Bonchev–Trinajstić information content (AvgIpc) is 3.74. The molecule has 3 N–H and O–H groups in total. The number of aliphatic hydroxyl groups excluding tert-OH is 1. The quantitative estimate of drug-likeness (QED) is 0.114. The fraction of sp³-hybridized carbons (Fsp3) is 0.571. The summed E-state index contributed by atoms with van der Waals surface area (Å²) in [5.41, 5.74) is 1.27. The van der Waals surface area contributed by atoms with Crippen molar-refractivity contribution >= 4 is 29.8 Å². The maximum Gasteiger partial charge on any atom is 0.327 e. The van der Waals surface area contributed by atoms with Crippen molar-refractivity contribution in [2.75, 3.05) is 27.2 Å². The van der Waals surface area contributed by atoms with Gasteiger partial charge in [-0.3, -0.25) is 24.0 Å². The van der Waals surface area contributed by atoms with Gasteiger partial charge in [0.15, 0.2) is 11.8 Å². The van der Waals surface area contributed by atoms with Crippen molar-refractivity contribution in [2.45, 2.75) is 121 Å². The van der Waals surface area contributed by atoms with E-state index < -0.39 is 47.6 Å². The molecule has 298 valence electrons. The fourth-order valence-corrected chi connectivity index (χ4v) is 8.46. The van der Waals surface area contributed by atoms with E-state index in [1.165, 1.54) is 11.0 Å². The zero-order valence-corrected chi connectivity index (χ0v) is 32.5. The summed E-state index contributed by atoms with van der Waals surface area (Å²) < 4.78 is 20.1. The van der Waals surface area contributed by atoms with Gasteiger partial charge in [0.2, 0.25) is 11.8 Å². The average molecular weight is 761 g/mol. The van der Waals surface area contributed by atoms with Crippen LogP contribution in [0.1, 0.15) is 98.7 Å². The molecule has 2 bridgehead atoms. The number of ether oxygens (including phenoxy) is 3. The van der Waals surface area contributed by atoms with Gasteiger partial charge in [0, 0.05) is 58.1 Å². The number of rotatable bonds is 18. The highest BCUT2D eigenvalue weighted by Crippen LogP contribution is 2.58. The number of amides is 3. The zero-order chi connectivity index (χ0) is 39.2. The lowest BCUT2D eigenvalue weighted by atomic mass is 9.62. The minimum Gasteiger partial charge on any atom is -0.458 e. The number of esters is 1. The second kappa shape index (κ2) is 17.8. The highest BCUT2D eigenvalue weighted by molar-refractivity contribution is 5.95. The van der Waals surface area contributed by atoms with Crippen LogP contribution in [0.3, 0.4) is 0 Å². The molecule has 0 aromatic heterocycles. The molecule has 3 amide bonds. The molecule has 3 aliphatic heterocycles. The second-order valence-corrected chi connectivity index (χ2v) is 15.3. The summed E-state index contributed by atoms with van der Waals surface area (Å²) in [6.45, 7) is 4.48. The first-order valence-electron chi connectivity index (χ1n) is 19.8. The van der Waals surface area contributed by atoms with E-state index in [1.54, 1.807) is 43.4 Å². The maximum absolute atomic E-state index is 14.9. The number of nitrogens with zero attached hydrogens (tertiary/aromatic N) is 2. The molecule has 13 heteroatoms. The number of carbonyl (C=O) groups is 4. The van der Waals surface area contributed by atoms with Crippen molar-refractivity contribution in [3.8, 4) is 0 Å². The van der Waals surface area contributed by atoms with E-state index in [9.17, 15) is 19.2 Å². The maximum atomic E-state index is 14.9. The number of benzene rings is 2. The Morgan fingerprint density at radius 1 is 0.964 bits per heavy atom. The lowest BCUT2D eigenvalue weighted by molar-refractivity contribution is -0.224. The summed E-state index contributed by atoms with van der Waals surface area (Å²) in [7, 11) is 3.36. The number of carbonyl (C=O) groups excluding carboxylic acids is 4. The monoisotopic (exact) mass is 760 g/mol. The molecule has 0 spiro atoms. The third-order valence-corrected chi connectivity index (χ3v) is 11.3. The summed E-state index contributed by atoms with van der Waals surface area (Å²) in [5.74, 6) is -2.33. The van der Waals surface area contributed by atoms with E-state index in [4.69, 9.17) is 24.2 Å². The van der Waals surface area contributed by atoms with Gasteiger partial charge in [0.1, 0.15) is 29.8 Å². The molecule has 1 saturated carbocycles. The fourth-order valence-electron chi connectivity index (χ4n) is 8.46. The van der Waals surface area contributed by atoms with E-state index in [0.29, 0.717) is 24.0 Å². The first-order chi connectivity index (χ1) is 26.6. The molecule has 3 heterocycles. The first-order valence-corrected chi connectivity index (χ1v) is 19.8. The van der Waals surface area contributed by atoms with Crippen molar-refractivity contribution in [1.82, 2.24) is 20.6 Å². The number of hydrogen-bond acceptors (Lipinski definition) is 10. The Morgan fingerprint density at radius 2 is 1.69 bits per heavy atom. The number of fused-ring (bicyclic) bond motifs is 4. The van der Waals surface area contributed by atoms with Gasteiger partial charge in [-0.1, -0.05) is 75.9 Å². The van der Waals surface area contributed by atoms with Gasteiger partial charge in [-0.2, -0.15) is 5.06 Å². The van der Waals surface area contributed by atoms with Gasteiger partial charge in [-0.15, -0.1) is 0 Å². The summed E-state index contributed by atoms with van der Waals surface area (Å²) in [6.07, 6.45) is 7.87. The Balaban J connectivity index is 1.34. The van der Waals surface area contributed by atoms with E-state index in [-0.39, 0.29) is 50.4 Å². The smallest absolute Gasteiger partial charge is 0.327 e. The van der Waals surface area contributed by atoms with Crippen molar-refractivity contribution in [1.29, 1.82) is 0 Å². The Kier molecular flexibility index (Phi) is 13.1. The standard InChI is InChI=1S/C42H56N4O9/c1-5-7-11-20-41(21-12-8-6-2)53-34-32-25-42(40(51)44-26-28-14-13-17-30(24-28)38(49)43-22-23-47)36(39(50)52-32)46(55-37(42)35(34)54-41)27-31-16-10-9-15-29(31)18-19-33(48)45(3)4/h9-10,13-19,24,32,34-37,47H,5-8,11-12,20-23,25-27H2,1-4H3,(H,43,49)(H,44,51)/t32-,34+,35+,36-,37-,42-/m1/s1. The molecule has 0 radical (unpaired) electrons. The van der Waals surface area contributed by atoms with E-state index >= 15 is 0 Å². The van der Waals surface area contributed by atoms with Crippen LogP contribution in [0.5, 0.6) is 0 Å². The van der Waals surface area contributed by atoms with E-state index in [0.717, 1.165) is 49.7 Å². The number of hydrogen-bond donors (Lipinski definition) is 3. The molecular weight excluding hydrogens is 704 g/mol. The van der Waals surface area contributed by atoms with Crippen LogP contribution in [0.4, 0.5) is 0 Å². The van der Waals surface area contributed by atoms with E-state index in [2.05, 4.69) is 24.5 Å². The number of likely N-dealkylation sites (N-methyl/N-ethyl adjacent to an activating group) is 1. The van der Waals surface area contributed by atoms with Crippen LogP contribution in [0, 0.1) is 5.41 Å². The summed E-state index contributed by atoms with van der Waals surface area (Å²) >= 11 is 0. The lowest BCUT2D eigenvalue weighted by Gasteiger charge is -2.48. The zero-order valence-electron chi connectivity index (χ0n) is 32.5. The van der Waals surface area contributed by atoms with Crippen LogP contribution < -0.4 is 10.6 Å². The topological polar surface area (TPSA) is 156 Å². The van der Waals surface area contributed by atoms with Crippen LogP contribution in [-0.2, 0) is 46.5 Å². The van der Waals surface area contributed by atoms with Gasteiger partial charge in [0.05, 0.1) is 13.2 Å². The van der Waals surface area contributed by atoms with Crippen LogP contribution in [0.25, 0.3) is 6.08 Å². The molecule has 4 aliphatic rings. The van der Waals surface area contributed by atoms with Gasteiger partial charge in [-0.25, -0.2) is 0 Å². The summed E-state index contributed by atoms with van der Waals surface area (Å²) in [5, 5.41) is 16.5. The Hall–Kier alpha value is -4.14. The van der Waals surface area contributed by atoms with Crippen LogP contribution in [0.2, 0.25) is 0 Å². The highest BCUT2D eigenvalue weighted by Gasteiger charge is 2.76. The number of aliphatic hydroxyl groups is 1. The molecule has 3 saturated heterocycles. The van der Waals surface area contributed by atoms with Gasteiger partial charge < -0.3 is 34.9 Å². The molecule has 6 atom stereocenters. The molecule has 2 aromatic carbocycles. The largest absolute Gasteiger partial charge is 0.458 e. The minimum atomic E-state index is -1.38. The predicted molar refractivity (Wildman–Crippen MR) is 204 cm³/mol. The normalized spacial score (nSPS) is 26.4. The molecule has 0 unspecified atom stereocenters. The number of nitrogens with one attached hydrogen (secondary N) is 2. The Bertz CT molecular complexity index is 1720. The predicted octanol–water partition coefficient (Wildman–Crippen LogP) is 4.27. The van der Waals surface area contributed by atoms with Crippen molar-refractivity contribution in [3.63, 3.8) is 0 Å². The molecule has 55 heavy (non-hydrogen) atoms. The van der Waals surface area contributed by atoms with Crippen molar-refractivity contribution in [3.05, 3.63) is 76.9 Å². The Labute approximate surface area is 323 Å². The molecule has 6 rings (SSSR count).